The number of hydrogen-bond acceptors (Lipinski definition) is 8. The molecule has 1 amide bonds. The Balaban J connectivity index is 1.12. The fourth-order valence-corrected chi connectivity index (χ4v) is 7.21. The minimum absolute atomic E-state index is 0.0600. The first kappa shape index (κ1) is 38.2. The second-order valence-electron chi connectivity index (χ2n) is 13.3. The van der Waals surface area contributed by atoms with E-state index < -0.39 is 12.6 Å². The van der Waals surface area contributed by atoms with Crippen LogP contribution in [0, 0.1) is 5.92 Å². The molecule has 11 nitrogen and oxygen atoms in total. The van der Waals surface area contributed by atoms with Gasteiger partial charge in [0.25, 0.3) is 5.91 Å². The summed E-state index contributed by atoms with van der Waals surface area (Å²) in [5.74, 6) is -0.147. The average molecular weight is 772 g/mol. The highest BCUT2D eigenvalue weighted by atomic mass is 35.5. The summed E-state index contributed by atoms with van der Waals surface area (Å²) >= 11 is 12.7. The molecule has 1 unspecified atom stereocenters. The van der Waals surface area contributed by atoms with E-state index in [2.05, 4.69) is 25.4 Å². The monoisotopic (exact) mass is 770 g/mol. The summed E-state index contributed by atoms with van der Waals surface area (Å²) in [6.07, 6.45) is -2.02. The Morgan fingerprint density at radius 3 is 2.49 bits per heavy atom. The number of amides is 1. The van der Waals surface area contributed by atoms with Gasteiger partial charge in [0.2, 0.25) is 5.78 Å². The van der Waals surface area contributed by atoms with Crippen molar-refractivity contribution >= 4 is 45.9 Å². The Labute approximate surface area is 314 Å². The first-order valence-corrected chi connectivity index (χ1v) is 18.1. The molecule has 0 saturated carbocycles. The number of aromatic nitrogens is 6. The predicted molar refractivity (Wildman–Crippen MR) is 195 cm³/mol. The van der Waals surface area contributed by atoms with Crippen molar-refractivity contribution in [1.82, 2.24) is 39.6 Å². The Morgan fingerprint density at radius 2 is 1.79 bits per heavy atom. The molecule has 280 valence electrons. The van der Waals surface area contributed by atoms with Gasteiger partial charge < -0.3 is 19.1 Å². The topological polar surface area (TPSA) is 111 Å². The van der Waals surface area contributed by atoms with E-state index in [4.69, 9.17) is 27.9 Å². The molecule has 53 heavy (non-hydrogen) atoms. The standard InChI is InChI=1S/C37H39Cl2F3N8O3/c1-47(36(52)28-21-27(9-11-33(28)53-2)50-23-43-45-46-50)22-26(25-8-10-29(38)30(39)20-25)14-19-48-17-12-24(13-18-48)34(51)35-44-31-6-3-4-7-32(31)49(35)16-5-15-37(40,41)42/h3-4,6-11,20-21,23-24,26H,5,12-19,22H2,1-2H3. The Bertz CT molecular complexity index is 2050. The fraction of sp³-hybridized carbons (Fsp3) is 0.405. The maximum Gasteiger partial charge on any atom is 0.389 e. The van der Waals surface area contributed by atoms with Crippen molar-refractivity contribution in [3.8, 4) is 11.4 Å². The van der Waals surface area contributed by atoms with Crippen LogP contribution in [0.25, 0.3) is 16.7 Å². The number of ketones is 1. The van der Waals surface area contributed by atoms with Gasteiger partial charge in [-0.15, -0.1) is 5.10 Å². The first-order valence-electron chi connectivity index (χ1n) is 17.3. The van der Waals surface area contributed by atoms with Crippen LogP contribution in [0.2, 0.25) is 10.0 Å². The number of nitrogens with zero attached hydrogens (tertiary/aromatic N) is 8. The van der Waals surface area contributed by atoms with Gasteiger partial charge in [-0.05, 0) is 104 Å². The number of hydrogen-bond donors (Lipinski definition) is 0. The number of halogens is 5. The number of carbonyl (C=O) groups is 2. The lowest BCUT2D eigenvalue weighted by atomic mass is 9.90. The molecule has 1 saturated heterocycles. The highest BCUT2D eigenvalue weighted by Gasteiger charge is 2.31. The smallest absolute Gasteiger partial charge is 0.389 e. The Kier molecular flexibility index (Phi) is 12.0. The second kappa shape index (κ2) is 16.6. The van der Waals surface area contributed by atoms with Gasteiger partial charge in [-0.1, -0.05) is 41.4 Å². The van der Waals surface area contributed by atoms with Crippen molar-refractivity contribution in [2.24, 2.45) is 5.92 Å². The molecule has 0 bridgehead atoms. The van der Waals surface area contributed by atoms with E-state index in [-0.39, 0.29) is 42.3 Å². The largest absolute Gasteiger partial charge is 0.496 e. The van der Waals surface area contributed by atoms with E-state index in [0.717, 1.165) is 5.56 Å². The zero-order valence-corrected chi connectivity index (χ0v) is 30.8. The van der Waals surface area contributed by atoms with Crippen LogP contribution in [0.4, 0.5) is 13.2 Å². The minimum atomic E-state index is -4.27. The van der Waals surface area contributed by atoms with Crippen molar-refractivity contribution in [2.75, 3.05) is 40.3 Å². The summed E-state index contributed by atoms with van der Waals surface area (Å²) in [5, 5.41) is 12.1. The third kappa shape index (κ3) is 9.17. The van der Waals surface area contributed by atoms with Crippen LogP contribution in [-0.2, 0) is 6.54 Å². The number of rotatable bonds is 14. The van der Waals surface area contributed by atoms with Crippen molar-refractivity contribution < 1.29 is 27.5 Å². The molecule has 6 rings (SSSR count). The average Bonchev–Trinajstić information content (AvgIpc) is 3.82. The molecule has 1 fully saturated rings. The molecule has 0 spiro atoms. The van der Waals surface area contributed by atoms with E-state index in [9.17, 15) is 22.8 Å². The van der Waals surface area contributed by atoms with Gasteiger partial charge in [0.15, 0.2) is 5.82 Å². The van der Waals surface area contributed by atoms with Crippen LogP contribution < -0.4 is 4.74 Å². The second-order valence-corrected chi connectivity index (χ2v) is 14.1. The van der Waals surface area contributed by atoms with Crippen LogP contribution in [0.15, 0.2) is 67.0 Å². The van der Waals surface area contributed by atoms with Crippen molar-refractivity contribution in [2.45, 2.75) is 50.7 Å². The number of alkyl halides is 3. The van der Waals surface area contributed by atoms with Gasteiger partial charge in [0.05, 0.1) is 39.4 Å². The number of Topliss-reactive ketones (excluding diaryl/α,β-unsaturated/α-hetero) is 1. The molecular weight excluding hydrogens is 732 g/mol. The number of para-hydroxylation sites is 2. The molecule has 1 aliphatic heterocycles. The van der Waals surface area contributed by atoms with Gasteiger partial charge in [-0.2, -0.15) is 13.2 Å². The number of tetrazole rings is 1. The number of carbonyl (C=O) groups excluding carboxylic acids is 2. The number of methoxy groups -OCH3 is 1. The van der Waals surface area contributed by atoms with E-state index in [1.807, 2.05) is 12.1 Å². The van der Waals surface area contributed by atoms with Crippen LogP contribution in [0.3, 0.4) is 0 Å². The molecule has 3 aromatic carbocycles. The van der Waals surface area contributed by atoms with Crippen molar-refractivity contribution in [1.29, 1.82) is 0 Å². The van der Waals surface area contributed by atoms with E-state index in [1.165, 1.54) is 18.1 Å². The molecule has 0 radical (unpaired) electrons. The van der Waals surface area contributed by atoms with E-state index in [0.29, 0.717) is 83.5 Å². The molecule has 0 N–H and O–H groups in total. The lowest BCUT2D eigenvalue weighted by Crippen LogP contribution is -2.39. The summed E-state index contributed by atoms with van der Waals surface area (Å²) in [7, 11) is 3.25. The zero-order valence-electron chi connectivity index (χ0n) is 29.3. The maximum atomic E-state index is 13.9. The zero-order chi connectivity index (χ0) is 37.7. The van der Waals surface area contributed by atoms with Gasteiger partial charge >= 0.3 is 6.18 Å². The minimum Gasteiger partial charge on any atom is -0.496 e. The fourth-order valence-electron chi connectivity index (χ4n) is 6.90. The molecule has 16 heteroatoms. The number of fused-ring (bicyclic) bond motifs is 1. The summed E-state index contributed by atoms with van der Waals surface area (Å²) < 4.78 is 47.5. The summed E-state index contributed by atoms with van der Waals surface area (Å²) in [5.41, 5.74) is 3.15. The normalized spacial score (nSPS) is 14.8. The number of likely N-dealkylation sites (N-methyl/N-ethyl adjacent to an activating group) is 1. The van der Waals surface area contributed by atoms with Crippen molar-refractivity contribution in [3.05, 3.63) is 94.0 Å². The quantitative estimate of drug-likeness (QED) is 0.107. The molecule has 5 aromatic rings. The highest BCUT2D eigenvalue weighted by Crippen LogP contribution is 2.32. The molecule has 0 aliphatic carbocycles. The van der Waals surface area contributed by atoms with Gasteiger partial charge in [-0.3, -0.25) is 9.59 Å². The lowest BCUT2D eigenvalue weighted by molar-refractivity contribution is -0.135. The summed E-state index contributed by atoms with van der Waals surface area (Å²) in [4.78, 5) is 36.2. The molecule has 3 heterocycles. The number of piperidine rings is 1. The van der Waals surface area contributed by atoms with Gasteiger partial charge in [-0.25, -0.2) is 9.67 Å². The maximum absolute atomic E-state index is 13.9. The van der Waals surface area contributed by atoms with Crippen molar-refractivity contribution in [3.63, 3.8) is 0 Å². The molecular formula is C37H39Cl2F3N8O3. The first-order chi connectivity index (χ1) is 25.4. The Morgan fingerprint density at radius 1 is 1.02 bits per heavy atom. The third-order valence-electron chi connectivity index (χ3n) is 9.75. The Hall–Kier alpha value is -4.53. The molecule has 2 aromatic heterocycles. The van der Waals surface area contributed by atoms with Crippen LogP contribution >= 0.6 is 23.2 Å². The predicted octanol–water partition coefficient (Wildman–Crippen LogP) is 7.51. The van der Waals surface area contributed by atoms with Crippen LogP contribution in [-0.4, -0.2) is 97.8 Å². The number of ether oxygens (including phenoxy) is 1. The molecule has 1 aliphatic rings. The number of benzene rings is 3. The third-order valence-corrected chi connectivity index (χ3v) is 10.5. The van der Waals surface area contributed by atoms with Gasteiger partial charge in [0.1, 0.15) is 12.1 Å². The lowest BCUT2D eigenvalue weighted by Gasteiger charge is -2.33. The molecule has 1 atom stereocenters. The number of imidazole rings is 1. The summed E-state index contributed by atoms with van der Waals surface area (Å²) in [6.45, 7) is 2.45. The van der Waals surface area contributed by atoms with Gasteiger partial charge in [0, 0.05) is 38.4 Å². The highest BCUT2D eigenvalue weighted by molar-refractivity contribution is 6.42. The van der Waals surface area contributed by atoms with E-state index >= 15 is 0 Å². The SMILES string of the molecule is COc1ccc(-n2cnnn2)cc1C(=O)N(C)CC(CCN1CCC(C(=O)c2nc3ccccc3n2CCCC(F)(F)F)CC1)c1ccc(Cl)c(Cl)c1. The number of likely N-dealkylation sites (tertiary alicyclic amines) is 1. The van der Waals surface area contributed by atoms with Crippen LogP contribution in [0.5, 0.6) is 5.75 Å². The van der Waals surface area contributed by atoms with Crippen LogP contribution in [0.1, 0.15) is 64.6 Å². The van der Waals surface area contributed by atoms with E-state index in [1.54, 1.807) is 65.0 Å². The number of aryl methyl sites for hydroxylation is 1. The summed E-state index contributed by atoms with van der Waals surface area (Å²) in [6, 6.07) is 17.8.